The molecule has 1 heterocycles. The number of aliphatic hydroxyl groups is 1. The average Bonchev–Trinajstić information content (AvgIpc) is 2.46. The maximum Gasteiger partial charge on any atom is 0.317 e. The Morgan fingerprint density at radius 3 is 2.71 bits per heavy atom. The Bertz CT molecular complexity index is 643. The number of amides is 2. The highest BCUT2D eigenvalue weighted by Crippen LogP contribution is 2.32. The van der Waals surface area contributed by atoms with Crippen LogP contribution in [0.1, 0.15) is 35.6 Å². The van der Waals surface area contributed by atoms with Gasteiger partial charge in [-0.15, -0.1) is 0 Å². The van der Waals surface area contributed by atoms with Gasteiger partial charge in [0, 0.05) is 12.1 Å². The predicted octanol–water partition coefficient (Wildman–Crippen LogP) is 2.72. The molecular formula is C16H19N3O2. The lowest BCUT2D eigenvalue weighted by Gasteiger charge is -2.21. The van der Waals surface area contributed by atoms with Crippen LogP contribution in [0.5, 0.6) is 0 Å². The van der Waals surface area contributed by atoms with Gasteiger partial charge in [0.1, 0.15) is 5.82 Å². The SMILES string of the molecule is Cc1ccccc1C(C)C(O)c1ccnc(NC(N)=O)c1. The largest absolute Gasteiger partial charge is 0.388 e. The molecule has 1 aromatic carbocycles. The van der Waals surface area contributed by atoms with Gasteiger partial charge in [0.25, 0.3) is 0 Å². The number of hydrogen-bond acceptors (Lipinski definition) is 3. The first-order valence-corrected chi connectivity index (χ1v) is 6.75. The smallest absolute Gasteiger partial charge is 0.317 e. The number of aromatic nitrogens is 1. The molecule has 0 saturated heterocycles. The monoisotopic (exact) mass is 285 g/mol. The summed E-state index contributed by atoms with van der Waals surface area (Å²) in [6.07, 6.45) is 0.844. The van der Waals surface area contributed by atoms with E-state index in [0.717, 1.165) is 11.1 Å². The van der Waals surface area contributed by atoms with E-state index in [1.165, 1.54) is 6.20 Å². The van der Waals surface area contributed by atoms with Gasteiger partial charge in [-0.25, -0.2) is 9.78 Å². The van der Waals surface area contributed by atoms with Gasteiger partial charge in [0.05, 0.1) is 6.10 Å². The molecule has 0 aliphatic carbocycles. The second kappa shape index (κ2) is 6.37. The van der Waals surface area contributed by atoms with Crippen molar-refractivity contribution < 1.29 is 9.90 Å². The van der Waals surface area contributed by atoms with Gasteiger partial charge in [-0.2, -0.15) is 0 Å². The quantitative estimate of drug-likeness (QED) is 0.807. The van der Waals surface area contributed by atoms with Crippen LogP contribution in [0.4, 0.5) is 10.6 Å². The van der Waals surface area contributed by atoms with Crippen LogP contribution in [-0.2, 0) is 0 Å². The molecule has 4 N–H and O–H groups in total. The lowest BCUT2D eigenvalue weighted by Crippen LogP contribution is -2.20. The Morgan fingerprint density at radius 1 is 1.33 bits per heavy atom. The highest BCUT2D eigenvalue weighted by atomic mass is 16.3. The maximum atomic E-state index is 10.9. The van der Waals surface area contributed by atoms with Gasteiger partial charge in [-0.3, -0.25) is 5.32 Å². The van der Waals surface area contributed by atoms with Gasteiger partial charge < -0.3 is 10.8 Å². The number of primary amides is 1. The second-order valence-corrected chi connectivity index (χ2v) is 5.05. The Kier molecular flexibility index (Phi) is 4.55. The van der Waals surface area contributed by atoms with Crippen LogP contribution in [0.15, 0.2) is 42.6 Å². The summed E-state index contributed by atoms with van der Waals surface area (Å²) in [5.74, 6) is 0.256. The molecule has 21 heavy (non-hydrogen) atoms. The summed E-state index contributed by atoms with van der Waals surface area (Å²) >= 11 is 0. The zero-order chi connectivity index (χ0) is 15.4. The third-order valence-corrected chi connectivity index (χ3v) is 3.53. The molecule has 2 aromatic rings. The molecule has 5 heteroatoms. The number of rotatable bonds is 4. The van der Waals surface area contributed by atoms with Crippen molar-refractivity contribution in [3.8, 4) is 0 Å². The van der Waals surface area contributed by atoms with Crippen LogP contribution in [0, 0.1) is 6.92 Å². The minimum Gasteiger partial charge on any atom is -0.388 e. The van der Waals surface area contributed by atoms with Crippen molar-refractivity contribution in [2.75, 3.05) is 5.32 Å². The minimum absolute atomic E-state index is 0.0740. The van der Waals surface area contributed by atoms with Crippen LogP contribution in [-0.4, -0.2) is 16.1 Å². The molecule has 0 spiro atoms. The molecule has 2 rings (SSSR count). The molecule has 0 radical (unpaired) electrons. The summed E-state index contributed by atoms with van der Waals surface area (Å²) < 4.78 is 0. The third kappa shape index (κ3) is 3.58. The van der Waals surface area contributed by atoms with Crippen molar-refractivity contribution >= 4 is 11.8 Å². The van der Waals surface area contributed by atoms with Crippen LogP contribution < -0.4 is 11.1 Å². The van der Waals surface area contributed by atoms with Crippen molar-refractivity contribution in [3.63, 3.8) is 0 Å². The number of urea groups is 1. The van der Waals surface area contributed by atoms with Crippen molar-refractivity contribution in [3.05, 3.63) is 59.3 Å². The summed E-state index contributed by atoms with van der Waals surface area (Å²) in [6, 6.07) is 10.6. The van der Waals surface area contributed by atoms with E-state index in [9.17, 15) is 9.90 Å². The Balaban J connectivity index is 2.25. The normalized spacial score (nSPS) is 13.5. The standard InChI is InChI=1S/C16H19N3O2/c1-10-5-3-4-6-13(10)11(2)15(20)12-7-8-18-14(9-12)19-16(17)21/h3-9,11,15,20H,1-2H3,(H3,17,18,19,21). The molecule has 0 fully saturated rings. The van der Waals surface area contributed by atoms with Gasteiger partial charge >= 0.3 is 6.03 Å². The Morgan fingerprint density at radius 2 is 2.05 bits per heavy atom. The summed E-state index contributed by atoms with van der Waals surface area (Å²) in [5, 5.41) is 13.0. The fourth-order valence-corrected chi connectivity index (χ4v) is 2.38. The molecule has 1 aromatic heterocycles. The van der Waals surface area contributed by atoms with Crippen molar-refractivity contribution in [2.24, 2.45) is 5.73 Å². The van der Waals surface area contributed by atoms with Crippen LogP contribution in [0.2, 0.25) is 0 Å². The Hall–Kier alpha value is -2.40. The van der Waals surface area contributed by atoms with E-state index in [2.05, 4.69) is 10.3 Å². The van der Waals surface area contributed by atoms with Crippen LogP contribution in [0.25, 0.3) is 0 Å². The average molecular weight is 285 g/mol. The molecule has 110 valence electrons. The highest BCUT2D eigenvalue weighted by Gasteiger charge is 2.20. The number of carbonyl (C=O) groups excluding carboxylic acids is 1. The molecule has 2 unspecified atom stereocenters. The fraction of sp³-hybridized carbons (Fsp3) is 0.250. The van der Waals surface area contributed by atoms with E-state index in [0.29, 0.717) is 11.4 Å². The van der Waals surface area contributed by atoms with Gasteiger partial charge in [-0.1, -0.05) is 31.2 Å². The van der Waals surface area contributed by atoms with E-state index < -0.39 is 12.1 Å². The van der Waals surface area contributed by atoms with E-state index in [4.69, 9.17) is 5.73 Å². The molecule has 0 saturated carbocycles. The lowest BCUT2D eigenvalue weighted by atomic mass is 9.88. The van der Waals surface area contributed by atoms with E-state index in [1.54, 1.807) is 12.1 Å². The zero-order valence-electron chi connectivity index (χ0n) is 12.1. The molecule has 2 amide bonds. The number of hydrogen-bond donors (Lipinski definition) is 3. The number of anilines is 1. The molecule has 0 bridgehead atoms. The zero-order valence-corrected chi connectivity index (χ0v) is 12.1. The first-order valence-electron chi connectivity index (χ1n) is 6.75. The molecule has 0 aliphatic heterocycles. The predicted molar refractivity (Wildman–Crippen MR) is 82.0 cm³/mol. The lowest BCUT2D eigenvalue weighted by molar-refractivity contribution is 0.151. The van der Waals surface area contributed by atoms with E-state index in [-0.39, 0.29) is 5.92 Å². The second-order valence-electron chi connectivity index (χ2n) is 5.05. The number of aryl methyl sites for hydroxylation is 1. The number of nitrogens with zero attached hydrogens (tertiary/aromatic N) is 1. The van der Waals surface area contributed by atoms with Gasteiger partial charge in [-0.05, 0) is 35.7 Å². The van der Waals surface area contributed by atoms with Crippen molar-refractivity contribution in [2.45, 2.75) is 25.9 Å². The van der Waals surface area contributed by atoms with Crippen LogP contribution >= 0.6 is 0 Å². The topological polar surface area (TPSA) is 88.2 Å². The molecular weight excluding hydrogens is 266 g/mol. The number of aliphatic hydroxyl groups excluding tert-OH is 1. The molecule has 2 atom stereocenters. The number of carbonyl (C=O) groups is 1. The van der Waals surface area contributed by atoms with Gasteiger partial charge in [0.15, 0.2) is 0 Å². The van der Waals surface area contributed by atoms with Crippen LogP contribution in [0.3, 0.4) is 0 Å². The summed E-state index contributed by atoms with van der Waals surface area (Å²) in [5.41, 5.74) is 7.98. The number of nitrogens with two attached hydrogens (primary N) is 1. The first kappa shape index (κ1) is 15.0. The van der Waals surface area contributed by atoms with Gasteiger partial charge in [0.2, 0.25) is 0 Å². The first-order chi connectivity index (χ1) is 9.99. The third-order valence-electron chi connectivity index (χ3n) is 3.53. The summed E-state index contributed by atoms with van der Waals surface area (Å²) in [6.45, 7) is 3.99. The fourth-order valence-electron chi connectivity index (χ4n) is 2.38. The number of pyridine rings is 1. The molecule has 0 aliphatic rings. The van der Waals surface area contributed by atoms with Crippen molar-refractivity contribution in [1.29, 1.82) is 0 Å². The number of nitrogens with one attached hydrogen (secondary N) is 1. The Labute approximate surface area is 123 Å². The van der Waals surface area contributed by atoms with E-state index >= 15 is 0 Å². The number of benzene rings is 1. The van der Waals surface area contributed by atoms with Crippen molar-refractivity contribution in [1.82, 2.24) is 4.98 Å². The highest BCUT2D eigenvalue weighted by molar-refractivity contribution is 5.86. The molecule has 5 nitrogen and oxygen atoms in total. The van der Waals surface area contributed by atoms with E-state index in [1.807, 2.05) is 38.1 Å². The minimum atomic E-state index is -0.692. The summed E-state index contributed by atoms with van der Waals surface area (Å²) in [7, 11) is 0. The maximum absolute atomic E-state index is 10.9. The summed E-state index contributed by atoms with van der Waals surface area (Å²) in [4.78, 5) is 14.8.